The molecule has 0 bridgehead atoms. The zero-order chi connectivity index (χ0) is 14.6. The Labute approximate surface area is 123 Å². The summed E-state index contributed by atoms with van der Waals surface area (Å²) in [5, 5.41) is 3.74. The molecule has 1 aromatic heterocycles. The molecule has 0 aromatic carbocycles. The average Bonchev–Trinajstić information content (AvgIpc) is 2.39. The van der Waals surface area contributed by atoms with Gasteiger partial charge in [-0.2, -0.15) is 0 Å². The summed E-state index contributed by atoms with van der Waals surface area (Å²) in [4.78, 5) is 6.78. The minimum atomic E-state index is 0.303. The standard InChI is InChI=1S/C17H29N3/c1-5-6-15-13-20(12-14-7-9-18-10-8-14)16(11-19-15)17(2,3)4/h7-10,15-16,19H,5-6,11-13H2,1-4H3. The second kappa shape index (κ2) is 6.68. The second-order valence-corrected chi connectivity index (χ2v) is 7.06. The van der Waals surface area contributed by atoms with Crippen LogP contribution in [0.25, 0.3) is 0 Å². The van der Waals surface area contributed by atoms with Gasteiger partial charge in [-0.25, -0.2) is 0 Å². The number of rotatable bonds is 4. The molecule has 1 aliphatic rings. The number of nitrogens with one attached hydrogen (secondary N) is 1. The van der Waals surface area contributed by atoms with Crippen LogP contribution in [-0.4, -0.2) is 35.1 Å². The summed E-state index contributed by atoms with van der Waals surface area (Å²) in [7, 11) is 0. The molecule has 3 heteroatoms. The molecule has 1 aliphatic heterocycles. The van der Waals surface area contributed by atoms with Gasteiger partial charge in [-0.05, 0) is 29.5 Å². The summed E-state index contributed by atoms with van der Waals surface area (Å²) in [6.45, 7) is 12.6. The summed E-state index contributed by atoms with van der Waals surface area (Å²) < 4.78 is 0. The molecule has 0 amide bonds. The predicted octanol–water partition coefficient (Wildman–Crippen LogP) is 3.07. The Kier molecular flexibility index (Phi) is 5.17. The van der Waals surface area contributed by atoms with Crippen LogP contribution in [0.2, 0.25) is 0 Å². The largest absolute Gasteiger partial charge is 0.311 e. The lowest BCUT2D eigenvalue weighted by molar-refractivity contribution is 0.0474. The summed E-state index contributed by atoms with van der Waals surface area (Å²) in [5.41, 5.74) is 1.67. The summed E-state index contributed by atoms with van der Waals surface area (Å²) in [6.07, 6.45) is 6.31. The Bertz CT molecular complexity index is 396. The highest BCUT2D eigenvalue weighted by atomic mass is 15.2. The monoisotopic (exact) mass is 275 g/mol. The van der Waals surface area contributed by atoms with Gasteiger partial charge in [0.1, 0.15) is 0 Å². The molecular weight excluding hydrogens is 246 g/mol. The van der Waals surface area contributed by atoms with E-state index in [0.717, 1.165) is 19.6 Å². The number of hydrogen-bond donors (Lipinski definition) is 1. The van der Waals surface area contributed by atoms with Gasteiger partial charge in [-0.3, -0.25) is 9.88 Å². The lowest BCUT2D eigenvalue weighted by Gasteiger charge is -2.46. The third-order valence-corrected chi connectivity index (χ3v) is 4.27. The van der Waals surface area contributed by atoms with Crippen molar-refractivity contribution in [2.45, 2.75) is 59.2 Å². The van der Waals surface area contributed by atoms with E-state index in [1.54, 1.807) is 0 Å². The molecule has 1 N–H and O–H groups in total. The Morgan fingerprint density at radius 3 is 2.60 bits per heavy atom. The normalized spacial score (nSPS) is 24.8. The molecule has 20 heavy (non-hydrogen) atoms. The maximum Gasteiger partial charge on any atom is 0.0273 e. The fourth-order valence-corrected chi connectivity index (χ4v) is 3.18. The van der Waals surface area contributed by atoms with Crippen molar-refractivity contribution in [3.8, 4) is 0 Å². The van der Waals surface area contributed by atoms with E-state index in [9.17, 15) is 0 Å². The molecule has 3 nitrogen and oxygen atoms in total. The van der Waals surface area contributed by atoms with Gasteiger partial charge < -0.3 is 5.32 Å². The summed E-state index contributed by atoms with van der Waals surface area (Å²) in [6, 6.07) is 5.50. The number of hydrogen-bond acceptors (Lipinski definition) is 3. The van der Waals surface area contributed by atoms with Crippen LogP contribution >= 0.6 is 0 Å². The molecule has 2 heterocycles. The minimum Gasteiger partial charge on any atom is -0.311 e. The SMILES string of the molecule is CCCC1CN(Cc2ccncc2)C(C(C)(C)C)CN1. The van der Waals surface area contributed by atoms with E-state index in [1.807, 2.05) is 12.4 Å². The van der Waals surface area contributed by atoms with E-state index >= 15 is 0 Å². The summed E-state index contributed by atoms with van der Waals surface area (Å²) >= 11 is 0. The van der Waals surface area contributed by atoms with Crippen LogP contribution in [0.15, 0.2) is 24.5 Å². The molecular formula is C17H29N3. The molecule has 1 fully saturated rings. The highest BCUT2D eigenvalue weighted by Gasteiger charge is 2.35. The molecule has 1 aromatic rings. The van der Waals surface area contributed by atoms with E-state index in [-0.39, 0.29) is 0 Å². The van der Waals surface area contributed by atoms with Crippen molar-refractivity contribution in [1.29, 1.82) is 0 Å². The van der Waals surface area contributed by atoms with Crippen molar-refractivity contribution in [3.63, 3.8) is 0 Å². The third kappa shape index (κ3) is 4.03. The van der Waals surface area contributed by atoms with Gasteiger partial charge in [0.25, 0.3) is 0 Å². The van der Waals surface area contributed by atoms with E-state index in [4.69, 9.17) is 0 Å². The van der Waals surface area contributed by atoms with Gasteiger partial charge in [0.2, 0.25) is 0 Å². The number of nitrogens with zero attached hydrogens (tertiary/aromatic N) is 2. The Balaban J connectivity index is 2.09. The number of pyridine rings is 1. The van der Waals surface area contributed by atoms with Crippen LogP contribution in [0.3, 0.4) is 0 Å². The first-order valence-corrected chi connectivity index (χ1v) is 7.87. The molecule has 2 atom stereocenters. The van der Waals surface area contributed by atoms with Crippen LogP contribution < -0.4 is 5.32 Å². The fourth-order valence-electron chi connectivity index (χ4n) is 3.18. The predicted molar refractivity (Wildman–Crippen MR) is 84.6 cm³/mol. The van der Waals surface area contributed by atoms with Crippen molar-refractivity contribution in [3.05, 3.63) is 30.1 Å². The zero-order valence-electron chi connectivity index (χ0n) is 13.4. The molecule has 0 aliphatic carbocycles. The van der Waals surface area contributed by atoms with Crippen LogP contribution in [0.1, 0.15) is 46.1 Å². The smallest absolute Gasteiger partial charge is 0.0273 e. The summed E-state index contributed by atoms with van der Waals surface area (Å²) in [5.74, 6) is 0. The fraction of sp³-hybridized carbons (Fsp3) is 0.706. The molecule has 0 saturated carbocycles. The van der Waals surface area contributed by atoms with E-state index in [1.165, 1.54) is 18.4 Å². The van der Waals surface area contributed by atoms with Crippen molar-refractivity contribution >= 4 is 0 Å². The molecule has 0 radical (unpaired) electrons. The van der Waals surface area contributed by atoms with Gasteiger partial charge in [-0.15, -0.1) is 0 Å². The quantitative estimate of drug-likeness (QED) is 0.915. The highest BCUT2D eigenvalue weighted by Crippen LogP contribution is 2.28. The van der Waals surface area contributed by atoms with Crippen molar-refractivity contribution in [2.75, 3.05) is 13.1 Å². The van der Waals surface area contributed by atoms with Gasteiger partial charge in [0.05, 0.1) is 0 Å². The van der Waals surface area contributed by atoms with Crippen LogP contribution in [0.4, 0.5) is 0 Å². The lowest BCUT2D eigenvalue weighted by atomic mass is 9.83. The lowest BCUT2D eigenvalue weighted by Crippen LogP contribution is -2.60. The molecule has 2 unspecified atom stereocenters. The van der Waals surface area contributed by atoms with Crippen molar-refractivity contribution < 1.29 is 0 Å². The van der Waals surface area contributed by atoms with Gasteiger partial charge >= 0.3 is 0 Å². The minimum absolute atomic E-state index is 0.303. The second-order valence-electron chi connectivity index (χ2n) is 7.06. The maximum atomic E-state index is 4.12. The molecule has 1 saturated heterocycles. The third-order valence-electron chi connectivity index (χ3n) is 4.27. The topological polar surface area (TPSA) is 28.2 Å². The number of aromatic nitrogens is 1. The Morgan fingerprint density at radius 2 is 2.00 bits per heavy atom. The van der Waals surface area contributed by atoms with E-state index in [0.29, 0.717) is 17.5 Å². The van der Waals surface area contributed by atoms with Crippen molar-refractivity contribution in [1.82, 2.24) is 15.2 Å². The van der Waals surface area contributed by atoms with E-state index < -0.39 is 0 Å². The van der Waals surface area contributed by atoms with Crippen LogP contribution in [0.5, 0.6) is 0 Å². The first-order valence-electron chi connectivity index (χ1n) is 7.87. The number of piperazine rings is 1. The first kappa shape index (κ1) is 15.5. The van der Waals surface area contributed by atoms with Crippen LogP contribution in [0, 0.1) is 5.41 Å². The Hall–Kier alpha value is -0.930. The van der Waals surface area contributed by atoms with Crippen molar-refractivity contribution in [2.24, 2.45) is 5.41 Å². The molecule has 112 valence electrons. The van der Waals surface area contributed by atoms with Gasteiger partial charge in [0, 0.05) is 44.1 Å². The van der Waals surface area contributed by atoms with Crippen LogP contribution in [-0.2, 0) is 6.54 Å². The van der Waals surface area contributed by atoms with E-state index in [2.05, 4.69) is 55.0 Å². The molecule has 0 spiro atoms. The zero-order valence-corrected chi connectivity index (χ0v) is 13.4. The molecule has 2 rings (SSSR count). The maximum absolute atomic E-state index is 4.12. The average molecular weight is 275 g/mol. The first-order chi connectivity index (χ1) is 9.50. The Morgan fingerprint density at radius 1 is 1.30 bits per heavy atom. The highest BCUT2D eigenvalue weighted by molar-refractivity contribution is 5.10. The van der Waals surface area contributed by atoms with Gasteiger partial charge in [0.15, 0.2) is 0 Å². The van der Waals surface area contributed by atoms with Gasteiger partial charge in [-0.1, -0.05) is 34.1 Å².